The number of likely N-dealkylation sites (tertiary alicyclic amines) is 1. The smallest absolute Gasteiger partial charge is 0.255 e. The minimum atomic E-state index is -2.89. The maximum absolute atomic E-state index is 17.5. The molecule has 2 unspecified atom stereocenters. The number of nitrogen functional groups attached to an aromatic ring is 1. The zero-order valence-electron chi connectivity index (χ0n) is 28.0. The summed E-state index contributed by atoms with van der Waals surface area (Å²) in [7, 11) is 1.59. The Morgan fingerprint density at radius 3 is 2.48 bits per heavy atom. The van der Waals surface area contributed by atoms with Gasteiger partial charge in [-0.2, -0.15) is 0 Å². The first-order chi connectivity index (χ1) is 23.9. The summed E-state index contributed by atoms with van der Waals surface area (Å²) in [6.07, 6.45) is 8.01. The predicted octanol–water partition coefficient (Wildman–Crippen LogP) is 6.20. The Kier molecular flexibility index (Phi) is 7.80. The molecular weight excluding hydrogens is 649 g/mol. The molecule has 4 aliphatic rings. The molecule has 1 saturated carbocycles. The number of anilines is 2. The number of halogens is 5. The number of fused-ring (bicyclic) bond motifs is 4. The summed E-state index contributed by atoms with van der Waals surface area (Å²) in [6.45, 7) is 3.65. The summed E-state index contributed by atoms with van der Waals surface area (Å²) in [6, 6.07) is 6.62. The topological polar surface area (TPSA) is 82.7 Å². The minimum Gasteiger partial charge on any atom is -0.398 e. The standard InChI is InChI=1S/C38H38F5N7/c1-4-25-28(40)8-5-21-11-20(2)12-26(30(21)25)31-33(41)35-32(27(15-45-3)34(31)44)36(50-23-6-7-24(50)14-46-13-23)48-29(47-35)9-10-37(18-38(37,42)43)19-49-16-22(39)17-49/h1,5,8,11-12,15,22-24,46H,6-7,9-10,13-14,16-19,44H2,2-3H3/t23?,24?,37-/m1/s1. The van der Waals surface area contributed by atoms with Gasteiger partial charge in [0.25, 0.3) is 5.92 Å². The highest BCUT2D eigenvalue weighted by Crippen LogP contribution is 2.63. The van der Waals surface area contributed by atoms with Crippen molar-refractivity contribution in [1.29, 1.82) is 0 Å². The SMILES string of the molecule is C#Cc1c(F)ccc2cc(C)cc(-c3c(N)c(C=NC)c4c(N5C6CCC5CNC6)nc(CC[C@]5(CN6CC(F)C6)CC5(F)F)nc4c3F)c12. The molecule has 4 heterocycles. The number of hydrogen-bond donors (Lipinski definition) is 2. The van der Waals surface area contributed by atoms with Gasteiger partial charge < -0.3 is 16.0 Å². The maximum atomic E-state index is 17.5. The van der Waals surface area contributed by atoms with E-state index < -0.39 is 29.1 Å². The molecule has 2 bridgehead atoms. The van der Waals surface area contributed by atoms with Crippen LogP contribution in [0.1, 0.15) is 48.2 Å². The number of nitrogens with one attached hydrogen (secondary N) is 1. The van der Waals surface area contributed by atoms with E-state index in [0.717, 1.165) is 18.4 Å². The molecule has 0 spiro atoms. The molecule has 3 N–H and O–H groups in total. The van der Waals surface area contributed by atoms with E-state index in [0.29, 0.717) is 46.2 Å². The Hall–Kier alpha value is -4.34. The largest absolute Gasteiger partial charge is 0.398 e. The van der Waals surface area contributed by atoms with Crippen molar-refractivity contribution in [2.75, 3.05) is 50.4 Å². The van der Waals surface area contributed by atoms with Crippen LogP contribution in [0.5, 0.6) is 0 Å². The first kappa shape index (κ1) is 32.8. The number of aryl methyl sites for hydroxylation is 2. The number of alkyl halides is 3. The van der Waals surface area contributed by atoms with Crippen LogP contribution in [-0.2, 0) is 6.42 Å². The zero-order valence-corrected chi connectivity index (χ0v) is 28.0. The van der Waals surface area contributed by atoms with Crippen LogP contribution in [0.2, 0.25) is 0 Å². The Morgan fingerprint density at radius 2 is 1.84 bits per heavy atom. The van der Waals surface area contributed by atoms with Gasteiger partial charge in [-0.25, -0.2) is 31.9 Å². The fourth-order valence-corrected chi connectivity index (χ4v) is 8.60. The van der Waals surface area contributed by atoms with Crippen molar-refractivity contribution in [3.63, 3.8) is 0 Å². The summed E-state index contributed by atoms with van der Waals surface area (Å²) in [5, 5.41) is 4.82. The number of benzene rings is 3. The van der Waals surface area contributed by atoms with Crippen LogP contribution in [0.25, 0.3) is 32.8 Å². The van der Waals surface area contributed by atoms with Gasteiger partial charge in [0, 0.05) is 87.4 Å². The number of hydrogen-bond acceptors (Lipinski definition) is 7. The monoisotopic (exact) mass is 687 g/mol. The molecule has 8 rings (SSSR count). The van der Waals surface area contributed by atoms with Crippen LogP contribution in [0.3, 0.4) is 0 Å². The van der Waals surface area contributed by atoms with Gasteiger partial charge in [-0.05, 0) is 48.8 Å². The first-order valence-corrected chi connectivity index (χ1v) is 17.1. The van der Waals surface area contributed by atoms with Crippen molar-refractivity contribution in [2.45, 2.75) is 63.2 Å². The van der Waals surface area contributed by atoms with Gasteiger partial charge in [0.2, 0.25) is 0 Å². The van der Waals surface area contributed by atoms with E-state index in [4.69, 9.17) is 22.1 Å². The number of aromatic nitrogens is 2. The molecule has 3 aromatic carbocycles. The normalized spacial score (nSPS) is 24.7. The summed E-state index contributed by atoms with van der Waals surface area (Å²) >= 11 is 0. The molecular formula is C38H38F5N7. The third-order valence-corrected chi connectivity index (χ3v) is 11.2. The lowest BCUT2D eigenvalue weighted by molar-refractivity contribution is 0.00171. The van der Waals surface area contributed by atoms with Gasteiger partial charge in [0.1, 0.15) is 29.1 Å². The lowest BCUT2D eigenvalue weighted by atomic mass is 9.89. The number of terminal acetylenes is 1. The Balaban J connectivity index is 1.35. The fraction of sp³-hybridized carbons (Fsp3) is 0.447. The fourth-order valence-electron chi connectivity index (χ4n) is 8.60. The highest BCUT2D eigenvalue weighted by Gasteiger charge is 2.70. The highest BCUT2D eigenvalue weighted by atomic mass is 19.3. The van der Waals surface area contributed by atoms with Crippen LogP contribution in [0.4, 0.5) is 33.5 Å². The van der Waals surface area contributed by atoms with Gasteiger partial charge >= 0.3 is 0 Å². The van der Waals surface area contributed by atoms with E-state index in [-0.39, 0.29) is 79.1 Å². The van der Waals surface area contributed by atoms with Crippen molar-refractivity contribution in [3.05, 3.63) is 58.4 Å². The van der Waals surface area contributed by atoms with Gasteiger partial charge in [-0.3, -0.25) is 9.89 Å². The van der Waals surface area contributed by atoms with E-state index in [1.54, 1.807) is 30.3 Å². The number of nitrogens with two attached hydrogens (primary N) is 1. The number of aliphatic imine (C=N–C) groups is 1. The molecule has 1 aliphatic carbocycles. The molecule has 0 amide bonds. The van der Waals surface area contributed by atoms with Crippen molar-refractivity contribution < 1.29 is 22.0 Å². The van der Waals surface area contributed by atoms with E-state index in [9.17, 15) is 13.2 Å². The molecule has 7 nitrogen and oxygen atoms in total. The van der Waals surface area contributed by atoms with Crippen LogP contribution in [0.15, 0.2) is 29.3 Å². The Bertz CT molecular complexity index is 2110. The molecule has 4 fully saturated rings. The Labute approximate surface area is 287 Å². The zero-order chi connectivity index (χ0) is 35.1. The van der Waals surface area contributed by atoms with Crippen molar-refractivity contribution in [1.82, 2.24) is 20.2 Å². The van der Waals surface area contributed by atoms with Gasteiger partial charge in [0.15, 0.2) is 5.82 Å². The second-order valence-corrected chi connectivity index (χ2v) is 14.5. The maximum Gasteiger partial charge on any atom is 0.255 e. The summed E-state index contributed by atoms with van der Waals surface area (Å²) in [5.74, 6) is -1.07. The van der Waals surface area contributed by atoms with Crippen molar-refractivity contribution in [3.8, 4) is 23.5 Å². The molecule has 0 radical (unpaired) electrons. The quantitative estimate of drug-likeness (QED) is 0.0994. The number of nitrogens with zero attached hydrogens (tertiary/aromatic N) is 5. The van der Waals surface area contributed by atoms with Crippen molar-refractivity contribution in [2.24, 2.45) is 10.4 Å². The molecule has 4 aromatic rings. The minimum absolute atomic E-state index is 0.00541. The number of piperazine rings is 1. The van der Waals surface area contributed by atoms with E-state index in [2.05, 4.69) is 21.1 Å². The molecule has 3 aliphatic heterocycles. The lowest BCUT2D eigenvalue weighted by Gasteiger charge is -2.38. The summed E-state index contributed by atoms with van der Waals surface area (Å²) in [4.78, 5) is 18.0. The first-order valence-electron chi connectivity index (χ1n) is 17.1. The third kappa shape index (κ3) is 5.11. The molecule has 3 saturated heterocycles. The van der Waals surface area contributed by atoms with Gasteiger partial charge in [0.05, 0.1) is 22.1 Å². The number of rotatable bonds is 8. The predicted molar refractivity (Wildman–Crippen MR) is 187 cm³/mol. The van der Waals surface area contributed by atoms with Crippen LogP contribution in [0, 0.1) is 36.3 Å². The van der Waals surface area contributed by atoms with Crippen molar-refractivity contribution >= 4 is 39.4 Å². The second kappa shape index (κ2) is 11.9. The average Bonchev–Trinajstić information content (AvgIpc) is 3.52. The molecule has 50 heavy (non-hydrogen) atoms. The van der Waals surface area contributed by atoms with Crippen LogP contribution >= 0.6 is 0 Å². The molecule has 1 aromatic heterocycles. The van der Waals surface area contributed by atoms with E-state index in [1.165, 1.54) is 6.07 Å². The van der Waals surface area contributed by atoms with Gasteiger partial charge in [-0.1, -0.05) is 24.1 Å². The van der Waals surface area contributed by atoms with E-state index >= 15 is 8.78 Å². The lowest BCUT2D eigenvalue weighted by Crippen LogP contribution is -2.52. The molecule has 260 valence electrons. The van der Waals surface area contributed by atoms with Crippen LogP contribution < -0.4 is 16.0 Å². The Morgan fingerprint density at radius 1 is 1.12 bits per heavy atom. The summed E-state index contributed by atoms with van der Waals surface area (Å²) in [5.41, 5.74) is 7.16. The van der Waals surface area contributed by atoms with E-state index in [1.807, 2.05) is 13.0 Å². The van der Waals surface area contributed by atoms with Crippen LogP contribution in [-0.4, -0.2) is 85.0 Å². The van der Waals surface area contributed by atoms with Gasteiger partial charge in [-0.15, -0.1) is 6.42 Å². The second-order valence-electron chi connectivity index (χ2n) is 14.5. The molecule has 12 heteroatoms. The highest BCUT2D eigenvalue weighted by molar-refractivity contribution is 6.15. The average molecular weight is 688 g/mol. The molecule has 3 atom stereocenters. The summed E-state index contributed by atoms with van der Waals surface area (Å²) < 4.78 is 76.1. The third-order valence-electron chi connectivity index (χ3n) is 11.2.